The quantitative estimate of drug-likeness (QED) is 0.888. The van der Waals surface area contributed by atoms with E-state index in [1.807, 2.05) is 30.3 Å². The minimum Gasteiger partial charge on any atom is -0.457 e. The standard InChI is InChI=1S/C16H16N2O3S/c1-13(18-22(19,20)12-11-17)14-7-9-16(10-8-14)21-15-5-3-2-4-6-15/h2-10,13,18H,12H2,1H3/t13-/m0/s1. The monoisotopic (exact) mass is 316 g/mol. The van der Waals surface area contributed by atoms with Crippen LogP contribution < -0.4 is 9.46 Å². The molecule has 5 nitrogen and oxygen atoms in total. The zero-order chi connectivity index (χ0) is 16.0. The summed E-state index contributed by atoms with van der Waals surface area (Å²) < 4.78 is 31.3. The lowest BCUT2D eigenvalue weighted by atomic mass is 10.1. The molecule has 0 saturated carbocycles. The van der Waals surface area contributed by atoms with Gasteiger partial charge in [-0.3, -0.25) is 0 Å². The van der Waals surface area contributed by atoms with E-state index in [1.165, 1.54) is 0 Å². The van der Waals surface area contributed by atoms with Crippen molar-refractivity contribution in [3.8, 4) is 17.6 Å². The predicted octanol–water partition coefficient (Wildman–Crippen LogP) is 2.98. The van der Waals surface area contributed by atoms with Crippen molar-refractivity contribution in [2.24, 2.45) is 0 Å². The average molecular weight is 316 g/mol. The zero-order valence-corrected chi connectivity index (χ0v) is 12.9. The highest BCUT2D eigenvalue weighted by molar-refractivity contribution is 7.89. The molecule has 0 fully saturated rings. The first-order valence-electron chi connectivity index (χ1n) is 6.70. The van der Waals surface area contributed by atoms with Gasteiger partial charge in [0.15, 0.2) is 5.75 Å². The molecule has 0 aliphatic carbocycles. The van der Waals surface area contributed by atoms with Crippen molar-refractivity contribution in [1.29, 1.82) is 5.26 Å². The van der Waals surface area contributed by atoms with E-state index in [0.29, 0.717) is 5.75 Å². The summed E-state index contributed by atoms with van der Waals surface area (Å²) in [7, 11) is -3.58. The molecule has 22 heavy (non-hydrogen) atoms. The highest BCUT2D eigenvalue weighted by atomic mass is 32.2. The van der Waals surface area contributed by atoms with Gasteiger partial charge in [0.05, 0.1) is 6.07 Å². The van der Waals surface area contributed by atoms with Crippen molar-refractivity contribution in [2.45, 2.75) is 13.0 Å². The largest absolute Gasteiger partial charge is 0.457 e. The van der Waals surface area contributed by atoms with Gasteiger partial charge in [0.1, 0.15) is 11.5 Å². The van der Waals surface area contributed by atoms with Gasteiger partial charge in [0, 0.05) is 6.04 Å². The predicted molar refractivity (Wildman–Crippen MR) is 83.9 cm³/mol. The van der Waals surface area contributed by atoms with E-state index in [9.17, 15) is 8.42 Å². The van der Waals surface area contributed by atoms with Crippen LogP contribution in [0.15, 0.2) is 54.6 Å². The molecule has 6 heteroatoms. The fraction of sp³-hybridized carbons (Fsp3) is 0.188. The SMILES string of the molecule is C[C@H](NS(=O)(=O)CC#N)c1ccc(Oc2ccccc2)cc1. The molecule has 114 valence electrons. The van der Waals surface area contributed by atoms with Crippen LogP contribution in [0.2, 0.25) is 0 Å². The normalized spacial score (nSPS) is 12.4. The Balaban J connectivity index is 2.04. The Hall–Kier alpha value is -2.36. The Morgan fingerprint density at radius 1 is 1.09 bits per heavy atom. The number of hydrogen-bond donors (Lipinski definition) is 1. The smallest absolute Gasteiger partial charge is 0.225 e. The van der Waals surface area contributed by atoms with Crippen molar-refractivity contribution >= 4 is 10.0 Å². The topological polar surface area (TPSA) is 79.2 Å². The van der Waals surface area contributed by atoms with Crippen LogP contribution in [0.1, 0.15) is 18.5 Å². The Morgan fingerprint density at radius 3 is 2.27 bits per heavy atom. The van der Waals surface area contributed by atoms with Gasteiger partial charge >= 0.3 is 0 Å². The van der Waals surface area contributed by atoms with E-state index in [0.717, 1.165) is 11.3 Å². The first kappa shape index (κ1) is 16.0. The molecule has 1 N–H and O–H groups in total. The van der Waals surface area contributed by atoms with Gasteiger partial charge in [0.25, 0.3) is 0 Å². The molecule has 0 spiro atoms. The van der Waals surface area contributed by atoms with Gasteiger partial charge in [-0.1, -0.05) is 30.3 Å². The average Bonchev–Trinajstić information content (AvgIpc) is 2.48. The lowest BCUT2D eigenvalue weighted by molar-refractivity contribution is 0.482. The molecule has 2 aromatic rings. The van der Waals surface area contributed by atoms with Crippen LogP contribution in [0.25, 0.3) is 0 Å². The van der Waals surface area contributed by atoms with Gasteiger partial charge in [-0.15, -0.1) is 0 Å². The first-order valence-corrected chi connectivity index (χ1v) is 8.35. The van der Waals surface area contributed by atoms with Gasteiger partial charge in [-0.05, 0) is 36.8 Å². The summed E-state index contributed by atoms with van der Waals surface area (Å²) in [5.74, 6) is 0.854. The Labute approximate surface area is 130 Å². The summed E-state index contributed by atoms with van der Waals surface area (Å²) in [5.41, 5.74) is 0.793. The number of ether oxygens (including phenoxy) is 1. The molecule has 0 heterocycles. The first-order chi connectivity index (χ1) is 10.5. The molecular formula is C16H16N2O3S. The molecule has 0 aliphatic heterocycles. The molecule has 0 aromatic heterocycles. The van der Waals surface area contributed by atoms with Crippen molar-refractivity contribution in [1.82, 2.24) is 4.72 Å². The van der Waals surface area contributed by atoms with E-state index >= 15 is 0 Å². The second-order valence-corrected chi connectivity index (χ2v) is 6.49. The molecule has 0 bridgehead atoms. The van der Waals surface area contributed by atoms with E-state index in [1.54, 1.807) is 37.3 Å². The fourth-order valence-electron chi connectivity index (χ4n) is 1.91. The fourth-order valence-corrected chi connectivity index (χ4v) is 2.84. The van der Waals surface area contributed by atoms with Crippen molar-refractivity contribution < 1.29 is 13.2 Å². The number of rotatable bonds is 6. The summed E-state index contributed by atoms with van der Waals surface area (Å²) in [5, 5.41) is 8.48. The summed E-state index contributed by atoms with van der Waals surface area (Å²) in [6.07, 6.45) is 0. The number of para-hydroxylation sites is 1. The van der Waals surface area contributed by atoms with Crippen LogP contribution in [0, 0.1) is 11.3 Å². The minimum absolute atomic E-state index is 0.413. The number of nitrogens with one attached hydrogen (secondary N) is 1. The lowest BCUT2D eigenvalue weighted by Crippen LogP contribution is -2.28. The van der Waals surface area contributed by atoms with Crippen molar-refractivity contribution in [3.63, 3.8) is 0 Å². The van der Waals surface area contributed by atoms with E-state index in [2.05, 4.69) is 4.72 Å². The van der Waals surface area contributed by atoms with Gasteiger partial charge < -0.3 is 4.74 Å². The van der Waals surface area contributed by atoms with Crippen LogP contribution in [-0.2, 0) is 10.0 Å². The molecule has 0 amide bonds. The number of nitrogens with zero attached hydrogens (tertiary/aromatic N) is 1. The molecular weight excluding hydrogens is 300 g/mol. The van der Waals surface area contributed by atoms with Gasteiger partial charge in [-0.2, -0.15) is 5.26 Å². The zero-order valence-electron chi connectivity index (χ0n) is 12.1. The van der Waals surface area contributed by atoms with Gasteiger partial charge in [0.2, 0.25) is 10.0 Å². The Kier molecular flexibility index (Phi) is 5.15. The third-order valence-electron chi connectivity index (χ3n) is 2.97. The molecule has 2 rings (SSSR count). The van der Waals surface area contributed by atoms with E-state index < -0.39 is 21.8 Å². The highest BCUT2D eigenvalue weighted by Gasteiger charge is 2.15. The molecule has 0 unspecified atom stereocenters. The maximum absolute atomic E-state index is 11.6. The number of hydrogen-bond acceptors (Lipinski definition) is 4. The van der Waals surface area contributed by atoms with E-state index in [4.69, 9.17) is 10.00 Å². The summed E-state index contributed by atoms with van der Waals surface area (Å²) in [4.78, 5) is 0. The van der Waals surface area contributed by atoms with Crippen LogP contribution in [0.5, 0.6) is 11.5 Å². The van der Waals surface area contributed by atoms with Gasteiger partial charge in [-0.25, -0.2) is 13.1 Å². The maximum Gasteiger partial charge on any atom is 0.225 e. The maximum atomic E-state index is 11.6. The van der Waals surface area contributed by atoms with Crippen LogP contribution in [0.3, 0.4) is 0 Å². The van der Waals surface area contributed by atoms with Crippen molar-refractivity contribution in [3.05, 3.63) is 60.2 Å². The number of benzene rings is 2. The molecule has 0 saturated heterocycles. The third kappa shape index (κ3) is 4.58. The van der Waals surface area contributed by atoms with Crippen LogP contribution in [-0.4, -0.2) is 14.2 Å². The summed E-state index contributed by atoms with van der Waals surface area (Å²) in [6.45, 7) is 1.72. The lowest BCUT2D eigenvalue weighted by Gasteiger charge is -2.14. The number of sulfonamides is 1. The minimum atomic E-state index is -3.58. The van der Waals surface area contributed by atoms with E-state index in [-0.39, 0.29) is 0 Å². The third-order valence-corrected chi connectivity index (χ3v) is 4.19. The van der Waals surface area contributed by atoms with Crippen LogP contribution in [0.4, 0.5) is 0 Å². The summed E-state index contributed by atoms with van der Waals surface area (Å²) in [6, 6.07) is 17.7. The molecule has 0 radical (unpaired) electrons. The number of nitriles is 1. The highest BCUT2D eigenvalue weighted by Crippen LogP contribution is 2.23. The molecule has 2 aromatic carbocycles. The van der Waals surface area contributed by atoms with Crippen LogP contribution >= 0.6 is 0 Å². The Morgan fingerprint density at radius 2 is 1.68 bits per heavy atom. The van der Waals surface area contributed by atoms with Crippen molar-refractivity contribution in [2.75, 3.05) is 5.75 Å². The molecule has 1 atom stereocenters. The summed E-state index contributed by atoms with van der Waals surface area (Å²) >= 11 is 0. The molecule has 0 aliphatic rings. The second kappa shape index (κ2) is 7.07. The Bertz CT molecular complexity index is 750. The second-order valence-electron chi connectivity index (χ2n) is 4.74.